The van der Waals surface area contributed by atoms with Gasteiger partial charge in [0.25, 0.3) is 0 Å². The Morgan fingerprint density at radius 1 is 1.50 bits per heavy atom. The van der Waals surface area contributed by atoms with Crippen molar-refractivity contribution in [3.63, 3.8) is 0 Å². The summed E-state index contributed by atoms with van der Waals surface area (Å²) in [5.74, 6) is 0. The molecule has 1 aromatic carbocycles. The van der Waals surface area contributed by atoms with Gasteiger partial charge in [-0.1, -0.05) is 29.8 Å². The van der Waals surface area contributed by atoms with Crippen LogP contribution in [0.3, 0.4) is 0 Å². The van der Waals surface area contributed by atoms with E-state index in [1.165, 1.54) is 11.1 Å². The van der Waals surface area contributed by atoms with E-state index < -0.39 is 5.60 Å². The Labute approximate surface area is 84.5 Å². The van der Waals surface area contributed by atoms with E-state index in [9.17, 15) is 5.11 Å². The van der Waals surface area contributed by atoms with Gasteiger partial charge in [-0.25, -0.2) is 0 Å². The zero-order valence-corrected chi connectivity index (χ0v) is 8.49. The second-order valence-corrected chi connectivity index (χ2v) is 4.19. The molecule has 76 valence electrons. The highest BCUT2D eigenvalue weighted by Gasteiger charge is 2.32. The Bertz CT molecular complexity index is 314. The predicted octanol–water partition coefficient (Wildman–Crippen LogP) is 1.69. The number of hydrogen-bond donors (Lipinski definition) is 1. The van der Waals surface area contributed by atoms with Crippen LogP contribution in [-0.4, -0.2) is 23.9 Å². The molecular weight excluding hydrogens is 176 g/mol. The lowest BCUT2D eigenvalue weighted by Gasteiger charge is -2.20. The van der Waals surface area contributed by atoms with Crippen LogP contribution in [0.15, 0.2) is 24.3 Å². The van der Waals surface area contributed by atoms with Crippen LogP contribution in [0.5, 0.6) is 0 Å². The summed E-state index contributed by atoms with van der Waals surface area (Å²) in [6, 6.07) is 8.28. The molecule has 0 spiro atoms. The molecule has 1 saturated heterocycles. The van der Waals surface area contributed by atoms with Crippen molar-refractivity contribution in [3.05, 3.63) is 35.4 Å². The van der Waals surface area contributed by atoms with Crippen molar-refractivity contribution in [1.29, 1.82) is 0 Å². The molecule has 2 heteroatoms. The first kappa shape index (κ1) is 9.69. The van der Waals surface area contributed by atoms with Gasteiger partial charge in [0.05, 0.1) is 12.2 Å². The first-order valence-corrected chi connectivity index (χ1v) is 5.04. The van der Waals surface area contributed by atoms with Gasteiger partial charge < -0.3 is 9.84 Å². The molecule has 1 fully saturated rings. The van der Waals surface area contributed by atoms with E-state index in [-0.39, 0.29) is 0 Å². The lowest BCUT2D eigenvalue weighted by atomic mass is 9.93. The molecule has 0 saturated carbocycles. The molecule has 0 aromatic heterocycles. The molecule has 0 bridgehead atoms. The van der Waals surface area contributed by atoms with Gasteiger partial charge in [-0.15, -0.1) is 0 Å². The Hall–Kier alpha value is -0.860. The smallest absolute Gasteiger partial charge is 0.0942 e. The Morgan fingerprint density at radius 2 is 2.36 bits per heavy atom. The van der Waals surface area contributed by atoms with Gasteiger partial charge in [0, 0.05) is 19.4 Å². The number of rotatable bonds is 2. The normalized spacial score (nSPS) is 26.7. The molecule has 1 heterocycles. The molecule has 0 radical (unpaired) electrons. The lowest BCUT2D eigenvalue weighted by Crippen LogP contribution is -2.31. The first-order valence-electron chi connectivity index (χ1n) is 5.04. The van der Waals surface area contributed by atoms with Crippen LogP contribution in [-0.2, 0) is 11.2 Å². The maximum atomic E-state index is 10.1. The third kappa shape index (κ3) is 2.14. The number of ether oxygens (including phenoxy) is 1. The number of aliphatic hydroxyl groups is 1. The molecule has 2 rings (SSSR count). The fraction of sp³-hybridized carbons (Fsp3) is 0.500. The minimum absolute atomic E-state index is 0.473. The highest BCUT2D eigenvalue weighted by molar-refractivity contribution is 5.23. The second kappa shape index (κ2) is 3.71. The van der Waals surface area contributed by atoms with Gasteiger partial charge in [0.1, 0.15) is 0 Å². The maximum Gasteiger partial charge on any atom is 0.0942 e. The molecule has 0 aliphatic carbocycles. The van der Waals surface area contributed by atoms with Gasteiger partial charge in [-0.05, 0) is 12.5 Å². The van der Waals surface area contributed by atoms with Crippen LogP contribution in [0, 0.1) is 6.92 Å². The monoisotopic (exact) mass is 192 g/mol. The van der Waals surface area contributed by atoms with Crippen molar-refractivity contribution in [1.82, 2.24) is 0 Å². The minimum atomic E-state index is -0.631. The van der Waals surface area contributed by atoms with Crippen LogP contribution >= 0.6 is 0 Å². The molecule has 1 aliphatic heterocycles. The molecule has 1 N–H and O–H groups in total. The molecular formula is C12H16O2. The Morgan fingerprint density at radius 3 is 3.00 bits per heavy atom. The van der Waals surface area contributed by atoms with Crippen LogP contribution in [0.1, 0.15) is 17.5 Å². The third-order valence-electron chi connectivity index (χ3n) is 2.70. The molecule has 1 unspecified atom stereocenters. The predicted molar refractivity (Wildman–Crippen MR) is 55.3 cm³/mol. The van der Waals surface area contributed by atoms with Crippen molar-refractivity contribution >= 4 is 0 Å². The fourth-order valence-electron chi connectivity index (χ4n) is 1.94. The standard InChI is InChI=1S/C12H16O2/c1-10-3-2-4-11(7-10)8-12(13)5-6-14-9-12/h2-4,7,13H,5-6,8-9H2,1H3. The van der Waals surface area contributed by atoms with Crippen molar-refractivity contribution in [2.24, 2.45) is 0 Å². The first-order chi connectivity index (χ1) is 6.68. The summed E-state index contributed by atoms with van der Waals surface area (Å²) < 4.78 is 5.21. The Balaban J connectivity index is 2.10. The van der Waals surface area contributed by atoms with Crippen LogP contribution in [0.4, 0.5) is 0 Å². The summed E-state index contributed by atoms with van der Waals surface area (Å²) in [6.07, 6.45) is 1.45. The van der Waals surface area contributed by atoms with E-state index in [0.717, 1.165) is 6.42 Å². The average Bonchev–Trinajstić information content (AvgIpc) is 2.51. The number of benzene rings is 1. The maximum absolute atomic E-state index is 10.1. The van der Waals surface area contributed by atoms with Gasteiger partial charge in [-0.2, -0.15) is 0 Å². The van der Waals surface area contributed by atoms with Crippen LogP contribution < -0.4 is 0 Å². The van der Waals surface area contributed by atoms with Crippen molar-refractivity contribution in [2.45, 2.75) is 25.4 Å². The van der Waals surface area contributed by atoms with Crippen molar-refractivity contribution in [2.75, 3.05) is 13.2 Å². The van der Waals surface area contributed by atoms with E-state index in [1.807, 2.05) is 6.07 Å². The molecule has 14 heavy (non-hydrogen) atoms. The van der Waals surface area contributed by atoms with Gasteiger partial charge >= 0.3 is 0 Å². The minimum Gasteiger partial charge on any atom is -0.387 e. The van der Waals surface area contributed by atoms with Crippen molar-refractivity contribution < 1.29 is 9.84 Å². The molecule has 1 aliphatic rings. The fourth-order valence-corrected chi connectivity index (χ4v) is 1.94. The quantitative estimate of drug-likeness (QED) is 0.772. The van der Waals surface area contributed by atoms with E-state index in [1.54, 1.807) is 0 Å². The summed E-state index contributed by atoms with van der Waals surface area (Å²) >= 11 is 0. The average molecular weight is 192 g/mol. The summed E-state index contributed by atoms with van der Waals surface area (Å²) in [5, 5.41) is 10.1. The summed E-state index contributed by atoms with van der Waals surface area (Å²) in [5.41, 5.74) is 1.80. The van der Waals surface area contributed by atoms with E-state index in [4.69, 9.17) is 4.74 Å². The Kier molecular flexibility index (Phi) is 2.57. The largest absolute Gasteiger partial charge is 0.387 e. The lowest BCUT2D eigenvalue weighted by molar-refractivity contribution is 0.0270. The summed E-state index contributed by atoms with van der Waals surface area (Å²) in [6.45, 7) is 3.22. The molecule has 0 amide bonds. The van der Waals surface area contributed by atoms with Crippen molar-refractivity contribution in [3.8, 4) is 0 Å². The number of aryl methyl sites for hydroxylation is 1. The van der Waals surface area contributed by atoms with Gasteiger partial charge in [-0.3, -0.25) is 0 Å². The summed E-state index contributed by atoms with van der Waals surface area (Å²) in [7, 11) is 0. The van der Waals surface area contributed by atoms with E-state index in [2.05, 4.69) is 25.1 Å². The zero-order valence-electron chi connectivity index (χ0n) is 8.49. The topological polar surface area (TPSA) is 29.5 Å². The SMILES string of the molecule is Cc1cccc(CC2(O)CCOC2)c1. The van der Waals surface area contributed by atoms with E-state index in [0.29, 0.717) is 19.6 Å². The third-order valence-corrected chi connectivity index (χ3v) is 2.70. The molecule has 1 atom stereocenters. The van der Waals surface area contributed by atoms with E-state index >= 15 is 0 Å². The highest BCUT2D eigenvalue weighted by atomic mass is 16.5. The number of hydrogen-bond acceptors (Lipinski definition) is 2. The molecule has 1 aromatic rings. The van der Waals surface area contributed by atoms with Crippen LogP contribution in [0.25, 0.3) is 0 Å². The second-order valence-electron chi connectivity index (χ2n) is 4.19. The zero-order chi connectivity index (χ0) is 10.0. The highest BCUT2D eigenvalue weighted by Crippen LogP contribution is 2.23. The van der Waals surface area contributed by atoms with Gasteiger partial charge in [0.2, 0.25) is 0 Å². The van der Waals surface area contributed by atoms with Gasteiger partial charge in [0.15, 0.2) is 0 Å². The molecule has 2 nitrogen and oxygen atoms in total. The van der Waals surface area contributed by atoms with Crippen LogP contribution in [0.2, 0.25) is 0 Å². The summed E-state index contributed by atoms with van der Waals surface area (Å²) in [4.78, 5) is 0.